The fraction of sp³-hybridized carbons (Fsp3) is 0.321. The van der Waals surface area contributed by atoms with Crippen molar-refractivity contribution in [2.24, 2.45) is 5.92 Å². The number of carbonyl (C=O) groups excluding carboxylic acids is 1. The number of nitrogens with one attached hydrogen (secondary N) is 1. The first-order valence-corrected chi connectivity index (χ1v) is 12.3. The highest BCUT2D eigenvalue weighted by Crippen LogP contribution is 2.43. The molecule has 3 unspecified atom stereocenters. The highest BCUT2D eigenvalue weighted by atomic mass is 35.5. The highest BCUT2D eigenvalue weighted by molar-refractivity contribution is 6.32. The van der Waals surface area contributed by atoms with E-state index >= 15 is 0 Å². The molecular formula is C28H30Cl2N2O. The summed E-state index contributed by atoms with van der Waals surface area (Å²) in [5, 5.41) is 4.52. The molecule has 0 radical (unpaired) electrons. The van der Waals surface area contributed by atoms with E-state index in [9.17, 15) is 4.79 Å². The molecule has 4 rings (SSSR count). The number of benzene rings is 3. The molecule has 0 saturated carbocycles. The fourth-order valence-corrected chi connectivity index (χ4v) is 5.46. The summed E-state index contributed by atoms with van der Waals surface area (Å²) in [5.41, 5.74) is 2.93. The predicted octanol–water partition coefficient (Wildman–Crippen LogP) is 7.60. The summed E-state index contributed by atoms with van der Waals surface area (Å²) in [5.74, 6) is -0.0751. The van der Waals surface area contributed by atoms with Crippen LogP contribution in [0.2, 0.25) is 10.0 Å². The number of rotatable bonds is 7. The largest absolute Gasteiger partial charge is 0.326 e. The van der Waals surface area contributed by atoms with Crippen LogP contribution in [-0.4, -0.2) is 22.9 Å². The Morgan fingerprint density at radius 2 is 1.45 bits per heavy atom. The van der Waals surface area contributed by atoms with E-state index in [-0.39, 0.29) is 23.9 Å². The standard InChI is InChI=1S/C28H30Cl2N2O/c1-19(28(33)31-21-10-4-3-5-11-21)18-22-17-16-20(2)32(22)27(23-12-6-8-14-25(23)29)24-13-7-9-15-26(24)30/h3-15,19-20,22,27H,16-18H2,1-2H3,(H,31,33). The molecule has 172 valence electrons. The van der Waals surface area contributed by atoms with E-state index in [1.165, 1.54) is 0 Å². The zero-order valence-corrected chi connectivity index (χ0v) is 20.6. The van der Waals surface area contributed by atoms with Gasteiger partial charge in [-0.2, -0.15) is 0 Å². The average Bonchev–Trinajstić information content (AvgIpc) is 3.17. The van der Waals surface area contributed by atoms with Crippen LogP contribution in [-0.2, 0) is 4.79 Å². The second kappa shape index (κ2) is 10.7. The lowest BCUT2D eigenvalue weighted by Crippen LogP contribution is -2.40. The van der Waals surface area contributed by atoms with Gasteiger partial charge in [-0.25, -0.2) is 0 Å². The summed E-state index contributed by atoms with van der Waals surface area (Å²) in [4.78, 5) is 15.5. The van der Waals surface area contributed by atoms with Crippen molar-refractivity contribution in [1.82, 2.24) is 4.90 Å². The molecule has 3 aromatic rings. The Morgan fingerprint density at radius 3 is 2.03 bits per heavy atom. The van der Waals surface area contributed by atoms with Crippen molar-refractivity contribution in [3.05, 3.63) is 100 Å². The van der Waals surface area contributed by atoms with Gasteiger partial charge in [-0.05, 0) is 61.6 Å². The normalized spacial score (nSPS) is 19.5. The highest BCUT2D eigenvalue weighted by Gasteiger charge is 2.39. The molecule has 3 nitrogen and oxygen atoms in total. The summed E-state index contributed by atoms with van der Waals surface area (Å²) in [7, 11) is 0. The number of halogens is 2. The van der Waals surface area contributed by atoms with Gasteiger partial charge in [0.15, 0.2) is 0 Å². The van der Waals surface area contributed by atoms with E-state index in [0.717, 1.165) is 46.1 Å². The number of hydrogen-bond donors (Lipinski definition) is 1. The SMILES string of the molecule is CC(CC1CCC(C)N1C(c1ccccc1Cl)c1ccccc1Cl)C(=O)Nc1ccccc1. The molecule has 0 spiro atoms. The van der Waals surface area contributed by atoms with Gasteiger partial charge in [0.1, 0.15) is 0 Å². The number of hydrogen-bond acceptors (Lipinski definition) is 2. The lowest BCUT2D eigenvalue weighted by Gasteiger charge is -2.38. The minimum absolute atomic E-state index is 0.0488. The molecule has 0 aromatic heterocycles. The lowest BCUT2D eigenvalue weighted by atomic mass is 9.93. The van der Waals surface area contributed by atoms with Gasteiger partial charge in [-0.1, -0.05) is 84.7 Å². The van der Waals surface area contributed by atoms with Crippen molar-refractivity contribution in [3.63, 3.8) is 0 Å². The maximum absolute atomic E-state index is 12.9. The average molecular weight is 481 g/mol. The van der Waals surface area contributed by atoms with Crippen molar-refractivity contribution < 1.29 is 4.79 Å². The number of amides is 1. The maximum atomic E-state index is 12.9. The van der Waals surface area contributed by atoms with Crippen LogP contribution in [0.4, 0.5) is 5.69 Å². The molecule has 1 aliphatic heterocycles. The molecular weight excluding hydrogens is 451 g/mol. The Hall–Kier alpha value is -2.33. The van der Waals surface area contributed by atoms with Gasteiger partial charge in [0.2, 0.25) is 5.91 Å². The molecule has 3 aromatic carbocycles. The van der Waals surface area contributed by atoms with Gasteiger partial charge in [-0.15, -0.1) is 0 Å². The Labute approximate surface area is 206 Å². The van der Waals surface area contributed by atoms with E-state index in [4.69, 9.17) is 23.2 Å². The minimum Gasteiger partial charge on any atom is -0.326 e. The van der Waals surface area contributed by atoms with Crippen LogP contribution in [0.1, 0.15) is 50.3 Å². The third-order valence-electron chi connectivity index (χ3n) is 6.66. The van der Waals surface area contributed by atoms with Crippen LogP contribution >= 0.6 is 23.2 Å². The first kappa shape index (κ1) is 23.8. The Bertz CT molecular complexity index is 1040. The van der Waals surface area contributed by atoms with Crippen LogP contribution in [0.25, 0.3) is 0 Å². The number of para-hydroxylation sites is 1. The van der Waals surface area contributed by atoms with E-state index < -0.39 is 0 Å². The minimum atomic E-state index is -0.124. The van der Waals surface area contributed by atoms with Crippen LogP contribution in [0.3, 0.4) is 0 Å². The molecule has 1 saturated heterocycles. The van der Waals surface area contributed by atoms with Crippen LogP contribution in [0.5, 0.6) is 0 Å². The summed E-state index contributed by atoms with van der Waals surface area (Å²) in [6.45, 7) is 4.27. The summed E-state index contributed by atoms with van der Waals surface area (Å²) >= 11 is 13.4. The third kappa shape index (κ3) is 5.43. The first-order chi connectivity index (χ1) is 16.0. The van der Waals surface area contributed by atoms with Crippen molar-refractivity contribution in [1.29, 1.82) is 0 Å². The predicted molar refractivity (Wildman–Crippen MR) is 138 cm³/mol. The van der Waals surface area contributed by atoms with Gasteiger partial charge in [-0.3, -0.25) is 9.69 Å². The molecule has 1 heterocycles. The molecule has 1 aliphatic rings. The maximum Gasteiger partial charge on any atom is 0.227 e. The Balaban J connectivity index is 1.62. The van der Waals surface area contributed by atoms with E-state index in [1.807, 2.05) is 73.7 Å². The second-order valence-corrected chi connectivity index (χ2v) is 9.78. The number of nitrogens with zero attached hydrogens (tertiary/aromatic N) is 1. The van der Waals surface area contributed by atoms with Crippen molar-refractivity contribution >= 4 is 34.8 Å². The molecule has 1 amide bonds. The fourth-order valence-electron chi connectivity index (χ4n) is 4.98. The molecule has 3 atom stereocenters. The summed E-state index contributed by atoms with van der Waals surface area (Å²) in [6, 6.07) is 26.2. The van der Waals surface area contributed by atoms with Crippen molar-refractivity contribution in [2.45, 2.75) is 51.2 Å². The molecule has 5 heteroatoms. The molecule has 33 heavy (non-hydrogen) atoms. The zero-order chi connectivity index (χ0) is 23.4. The smallest absolute Gasteiger partial charge is 0.227 e. The Morgan fingerprint density at radius 1 is 0.909 bits per heavy atom. The lowest BCUT2D eigenvalue weighted by molar-refractivity contribution is -0.120. The van der Waals surface area contributed by atoms with E-state index in [1.54, 1.807) is 0 Å². The number of carbonyl (C=O) groups is 1. The van der Waals surface area contributed by atoms with E-state index in [0.29, 0.717) is 6.04 Å². The van der Waals surface area contributed by atoms with Gasteiger partial charge in [0.25, 0.3) is 0 Å². The van der Waals surface area contributed by atoms with Gasteiger partial charge in [0.05, 0.1) is 6.04 Å². The van der Waals surface area contributed by atoms with Gasteiger partial charge < -0.3 is 5.32 Å². The number of anilines is 1. The first-order valence-electron chi connectivity index (χ1n) is 11.6. The topological polar surface area (TPSA) is 32.3 Å². The van der Waals surface area contributed by atoms with Crippen molar-refractivity contribution in [3.8, 4) is 0 Å². The van der Waals surface area contributed by atoms with Crippen LogP contribution < -0.4 is 5.32 Å². The monoisotopic (exact) mass is 480 g/mol. The van der Waals surface area contributed by atoms with Gasteiger partial charge >= 0.3 is 0 Å². The summed E-state index contributed by atoms with van der Waals surface area (Å²) < 4.78 is 0. The van der Waals surface area contributed by atoms with Crippen LogP contribution in [0.15, 0.2) is 78.9 Å². The van der Waals surface area contributed by atoms with Gasteiger partial charge in [0, 0.05) is 33.7 Å². The molecule has 0 bridgehead atoms. The second-order valence-electron chi connectivity index (χ2n) is 8.96. The Kier molecular flexibility index (Phi) is 7.75. The van der Waals surface area contributed by atoms with Crippen molar-refractivity contribution in [2.75, 3.05) is 5.32 Å². The third-order valence-corrected chi connectivity index (χ3v) is 7.35. The van der Waals surface area contributed by atoms with Crippen LogP contribution in [0, 0.1) is 5.92 Å². The molecule has 1 N–H and O–H groups in total. The summed E-state index contributed by atoms with van der Waals surface area (Å²) in [6.07, 6.45) is 2.88. The quantitative estimate of drug-likeness (QED) is 0.377. The zero-order valence-electron chi connectivity index (χ0n) is 19.0. The molecule has 0 aliphatic carbocycles. The number of likely N-dealkylation sites (tertiary alicyclic amines) is 1. The molecule has 1 fully saturated rings. The van der Waals surface area contributed by atoms with E-state index in [2.05, 4.69) is 29.3 Å².